The molecule has 90 valence electrons. The van der Waals surface area contributed by atoms with Gasteiger partial charge in [-0.15, -0.1) is 11.3 Å². The molecule has 1 atom stereocenters. The fourth-order valence-electron chi connectivity index (χ4n) is 1.87. The number of rotatable bonds is 3. The molecule has 0 bridgehead atoms. The van der Waals surface area contributed by atoms with Crippen molar-refractivity contribution in [1.29, 1.82) is 0 Å². The maximum atomic E-state index is 6.00. The average Bonchev–Trinajstić information content (AvgIpc) is 2.72. The predicted molar refractivity (Wildman–Crippen MR) is 79.1 cm³/mol. The molecule has 0 spiro atoms. The lowest BCUT2D eigenvalue weighted by Gasteiger charge is -2.18. The maximum Gasteiger partial charge on any atom is 0.0931 e. The van der Waals surface area contributed by atoms with Crippen molar-refractivity contribution < 1.29 is 0 Å². The molecule has 4 heteroatoms. The van der Waals surface area contributed by atoms with E-state index < -0.39 is 0 Å². The molecule has 2 aromatic rings. The molecule has 2 rings (SSSR count). The summed E-state index contributed by atoms with van der Waals surface area (Å²) in [4.78, 5) is 1.23. The monoisotopic (exact) mass is 329 g/mol. The second kappa shape index (κ2) is 5.53. The van der Waals surface area contributed by atoms with E-state index in [0.29, 0.717) is 0 Å². The molecule has 1 aromatic heterocycles. The van der Waals surface area contributed by atoms with Crippen molar-refractivity contribution >= 4 is 38.9 Å². The molecule has 1 aromatic carbocycles. The minimum Gasteiger partial charge on any atom is -0.309 e. The van der Waals surface area contributed by atoms with Crippen molar-refractivity contribution in [3.8, 4) is 0 Å². The zero-order valence-electron chi connectivity index (χ0n) is 9.63. The van der Waals surface area contributed by atoms with E-state index in [1.54, 1.807) is 11.3 Å². The van der Waals surface area contributed by atoms with Gasteiger partial charge in [-0.25, -0.2) is 0 Å². The lowest BCUT2D eigenvalue weighted by atomic mass is 10.0. The van der Waals surface area contributed by atoms with Gasteiger partial charge in [0.15, 0.2) is 0 Å². The van der Waals surface area contributed by atoms with Gasteiger partial charge in [0, 0.05) is 9.35 Å². The molecule has 0 fully saturated rings. The van der Waals surface area contributed by atoms with Gasteiger partial charge in [0.25, 0.3) is 0 Å². The Bertz CT molecular complexity index is 524. The van der Waals surface area contributed by atoms with Crippen molar-refractivity contribution in [2.75, 3.05) is 7.05 Å². The average molecular weight is 331 g/mol. The molecule has 1 N–H and O–H groups in total. The lowest BCUT2D eigenvalue weighted by molar-refractivity contribution is 0.699. The molecular weight excluding hydrogens is 318 g/mol. The first kappa shape index (κ1) is 13.1. The fraction of sp³-hybridized carbons (Fsp3) is 0.231. The summed E-state index contributed by atoms with van der Waals surface area (Å²) in [6, 6.07) is 10.5. The third kappa shape index (κ3) is 2.74. The predicted octanol–water partition coefficient (Wildman–Crippen LogP) is 4.78. The van der Waals surface area contributed by atoms with Crippen LogP contribution in [0.2, 0.25) is 4.34 Å². The highest BCUT2D eigenvalue weighted by Gasteiger charge is 2.16. The normalized spacial score (nSPS) is 12.7. The van der Waals surface area contributed by atoms with Gasteiger partial charge in [-0.1, -0.05) is 39.7 Å². The van der Waals surface area contributed by atoms with E-state index in [9.17, 15) is 0 Å². The molecule has 1 nitrogen and oxygen atoms in total. The van der Waals surface area contributed by atoms with Gasteiger partial charge in [0.2, 0.25) is 0 Å². The highest BCUT2D eigenvalue weighted by atomic mass is 79.9. The summed E-state index contributed by atoms with van der Waals surface area (Å²) in [7, 11) is 1.97. The smallest absolute Gasteiger partial charge is 0.0931 e. The zero-order valence-corrected chi connectivity index (χ0v) is 12.8. The Labute approximate surface area is 119 Å². The number of thiophene rings is 1. The molecule has 0 saturated carbocycles. The van der Waals surface area contributed by atoms with Gasteiger partial charge < -0.3 is 5.32 Å². The summed E-state index contributed by atoms with van der Waals surface area (Å²) >= 11 is 11.2. The van der Waals surface area contributed by atoms with Crippen molar-refractivity contribution in [2.24, 2.45) is 0 Å². The molecule has 1 unspecified atom stereocenters. The summed E-state index contributed by atoms with van der Waals surface area (Å²) < 4.78 is 1.96. The first-order valence-electron chi connectivity index (χ1n) is 5.31. The molecule has 0 aliphatic carbocycles. The van der Waals surface area contributed by atoms with Crippen molar-refractivity contribution in [2.45, 2.75) is 13.0 Å². The number of hydrogen-bond acceptors (Lipinski definition) is 2. The first-order chi connectivity index (χ1) is 8.13. The molecule has 0 saturated heterocycles. The van der Waals surface area contributed by atoms with Gasteiger partial charge >= 0.3 is 0 Å². The van der Waals surface area contributed by atoms with Gasteiger partial charge in [-0.2, -0.15) is 0 Å². The third-order valence-electron chi connectivity index (χ3n) is 2.79. The lowest BCUT2D eigenvalue weighted by Crippen LogP contribution is -2.17. The van der Waals surface area contributed by atoms with Gasteiger partial charge in [0.05, 0.1) is 10.4 Å². The van der Waals surface area contributed by atoms with Crippen LogP contribution < -0.4 is 5.32 Å². The minimum atomic E-state index is 0.199. The largest absolute Gasteiger partial charge is 0.309 e. The first-order valence-corrected chi connectivity index (χ1v) is 7.29. The summed E-state index contributed by atoms with van der Waals surface area (Å²) in [5.74, 6) is 0. The summed E-state index contributed by atoms with van der Waals surface area (Å²) in [5, 5.41) is 3.35. The topological polar surface area (TPSA) is 12.0 Å². The summed E-state index contributed by atoms with van der Waals surface area (Å²) in [6.45, 7) is 2.12. The number of hydrogen-bond donors (Lipinski definition) is 1. The van der Waals surface area contributed by atoms with Crippen LogP contribution in [0.3, 0.4) is 0 Å². The molecular formula is C13H13BrClNS. The molecule has 0 aliphatic heterocycles. The van der Waals surface area contributed by atoms with Crippen LogP contribution in [0.5, 0.6) is 0 Å². The highest BCUT2D eigenvalue weighted by molar-refractivity contribution is 9.10. The van der Waals surface area contributed by atoms with E-state index >= 15 is 0 Å². The van der Waals surface area contributed by atoms with Crippen LogP contribution in [0, 0.1) is 6.92 Å². The Morgan fingerprint density at radius 2 is 2.06 bits per heavy atom. The number of benzene rings is 1. The Kier molecular flexibility index (Phi) is 4.26. The Morgan fingerprint density at radius 1 is 1.29 bits per heavy atom. The van der Waals surface area contributed by atoms with E-state index in [1.165, 1.54) is 16.0 Å². The van der Waals surface area contributed by atoms with E-state index in [0.717, 1.165) is 8.81 Å². The van der Waals surface area contributed by atoms with E-state index in [4.69, 9.17) is 11.6 Å². The van der Waals surface area contributed by atoms with Gasteiger partial charge in [-0.3, -0.25) is 0 Å². The van der Waals surface area contributed by atoms with Crippen LogP contribution in [0.15, 0.2) is 34.8 Å². The standard InChI is InChI=1S/C13H13BrClNS/c1-8-9(4-3-5-10(8)14)13(16-2)11-6-7-12(15)17-11/h3-7,13,16H,1-2H3. The zero-order chi connectivity index (χ0) is 12.4. The Morgan fingerprint density at radius 3 is 2.65 bits per heavy atom. The highest BCUT2D eigenvalue weighted by Crippen LogP contribution is 2.33. The molecule has 0 radical (unpaired) electrons. The second-order valence-corrected chi connectivity index (χ2v) is 6.42. The Balaban J connectivity index is 2.45. The quantitative estimate of drug-likeness (QED) is 0.854. The van der Waals surface area contributed by atoms with E-state index in [-0.39, 0.29) is 6.04 Å². The number of nitrogens with one attached hydrogen (secondary N) is 1. The molecule has 1 heterocycles. The van der Waals surface area contributed by atoms with Crippen molar-refractivity contribution in [1.82, 2.24) is 5.32 Å². The molecule has 0 amide bonds. The van der Waals surface area contributed by atoms with Crippen LogP contribution >= 0.6 is 38.9 Å². The van der Waals surface area contributed by atoms with Crippen LogP contribution in [0.1, 0.15) is 22.0 Å². The fourth-order valence-corrected chi connectivity index (χ4v) is 3.44. The SMILES string of the molecule is CNC(c1ccc(Cl)s1)c1cccc(Br)c1C. The van der Waals surface area contributed by atoms with E-state index in [1.807, 2.05) is 13.1 Å². The third-order valence-corrected chi connectivity index (χ3v) is 4.94. The summed E-state index contributed by atoms with van der Waals surface area (Å²) in [5.41, 5.74) is 2.54. The van der Waals surface area contributed by atoms with Crippen LogP contribution in [0.4, 0.5) is 0 Å². The second-order valence-electron chi connectivity index (χ2n) is 3.82. The summed E-state index contributed by atoms with van der Waals surface area (Å²) in [6.07, 6.45) is 0. The van der Waals surface area contributed by atoms with E-state index in [2.05, 4.69) is 52.4 Å². The maximum absolute atomic E-state index is 6.00. The van der Waals surface area contributed by atoms with Gasteiger partial charge in [-0.05, 0) is 43.3 Å². The molecule has 0 aliphatic rings. The molecule has 17 heavy (non-hydrogen) atoms. The minimum absolute atomic E-state index is 0.199. The van der Waals surface area contributed by atoms with Crippen molar-refractivity contribution in [3.63, 3.8) is 0 Å². The van der Waals surface area contributed by atoms with Gasteiger partial charge in [0.1, 0.15) is 0 Å². The Hall–Kier alpha value is -0.350. The van der Waals surface area contributed by atoms with Crippen LogP contribution in [0.25, 0.3) is 0 Å². The van der Waals surface area contributed by atoms with Crippen LogP contribution in [-0.2, 0) is 0 Å². The number of halogens is 2. The van der Waals surface area contributed by atoms with Crippen molar-refractivity contribution in [3.05, 3.63) is 55.1 Å². The van der Waals surface area contributed by atoms with Crippen LogP contribution in [-0.4, -0.2) is 7.05 Å².